The Morgan fingerprint density at radius 2 is 1.94 bits per heavy atom. The van der Waals surface area contributed by atoms with Crippen molar-refractivity contribution >= 4 is 16.8 Å². The van der Waals surface area contributed by atoms with Crippen molar-refractivity contribution < 1.29 is 23.1 Å². The van der Waals surface area contributed by atoms with Gasteiger partial charge in [0.15, 0.2) is 17.4 Å². The number of benzene rings is 2. The molecule has 3 N–H and O–H groups in total. The van der Waals surface area contributed by atoms with Gasteiger partial charge in [0.05, 0.1) is 23.3 Å². The number of hydrogen-bond donors (Lipinski definition) is 3. The van der Waals surface area contributed by atoms with Crippen LogP contribution in [0.5, 0.6) is 5.75 Å². The number of allylic oxidation sites excluding steroid dienone is 1. The van der Waals surface area contributed by atoms with Crippen molar-refractivity contribution in [3.63, 3.8) is 0 Å². The van der Waals surface area contributed by atoms with Crippen molar-refractivity contribution in [1.29, 1.82) is 0 Å². The number of phenols is 1. The van der Waals surface area contributed by atoms with Gasteiger partial charge >= 0.3 is 0 Å². The molecule has 1 fully saturated rings. The standard InChI is InChI=1S/C24H20F3N5O2/c25-19-8-18(21(26)22(27)23(19)33)24(34)28-9-13-1-4-17(5-2-13)32-12-15-7-14(3-6-20(15)31-32)16-10-29-30-11-16/h3,6-12,17,33H,1-2,4-5H2,(H,28,34)(H,29,30). The normalized spacial score (nSPS) is 16.1. The second kappa shape index (κ2) is 8.69. The Bertz CT molecular complexity index is 1400. The molecule has 0 unspecified atom stereocenters. The van der Waals surface area contributed by atoms with Crippen LogP contribution < -0.4 is 5.32 Å². The summed E-state index contributed by atoms with van der Waals surface area (Å²) in [7, 11) is 0. The van der Waals surface area contributed by atoms with E-state index in [0.717, 1.165) is 40.4 Å². The van der Waals surface area contributed by atoms with E-state index in [1.54, 1.807) is 6.20 Å². The van der Waals surface area contributed by atoms with Crippen LogP contribution in [0.25, 0.3) is 22.0 Å². The molecule has 0 spiro atoms. The van der Waals surface area contributed by atoms with Crippen molar-refractivity contribution in [2.45, 2.75) is 31.7 Å². The van der Waals surface area contributed by atoms with Crippen molar-refractivity contribution in [3.05, 3.63) is 77.6 Å². The molecule has 5 rings (SSSR count). The molecule has 2 aromatic carbocycles. The highest BCUT2D eigenvalue weighted by Gasteiger charge is 2.23. The molecule has 0 radical (unpaired) electrons. The second-order valence-corrected chi connectivity index (χ2v) is 8.26. The summed E-state index contributed by atoms with van der Waals surface area (Å²) in [5, 5.41) is 24.0. The topological polar surface area (TPSA) is 95.8 Å². The minimum atomic E-state index is -1.79. The molecule has 1 saturated carbocycles. The molecule has 0 bridgehead atoms. The van der Waals surface area contributed by atoms with Crippen LogP contribution in [0.1, 0.15) is 42.1 Å². The van der Waals surface area contributed by atoms with Crippen LogP contribution in [0, 0.1) is 17.5 Å². The zero-order chi connectivity index (χ0) is 23.8. The largest absolute Gasteiger partial charge is 0.503 e. The van der Waals surface area contributed by atoms with Crippen molar-refractivity contribution in [2.24, 2.45) is 0 Å². The Hall–Kier alpha value is -4.08. The zero-order valence-electron chi connectivity index (χ0n) is 17.9. The van der Waals surface area contributed by atoms with Crippen LogP contribution in [0.15, 0.2) is 54.6 Å². The lowest BCUT2D eigenvalue weighted by molar-refractivity contribution is 0.0963. The van der Waals surface area contributed by atoms with Gasteiger partial charge in [-0.05, 0) is 49.4 Å². The average Bonchev–Trinajstić information content (AvgIpc) is 3.53. The highest BCUT2D eigenvalue weighted by Crippen LogP contribution is 2.33. The van der Waals surface area contributed by atoms with Crippen molar-refractivity contribution in [2.75, 3.05) is 0 Å². The fraction of sp³-hybridized carbons (Fsp3) is 0.208. The number of amides is 1. The van der Waals surface area contributed by atoms with Crippen molar-refractivity contribution in [1.82, 2.24) is 25.3 Å². The van der Waals surface area contributed by atoms with Gasteiger partial charge in [0, 0.05) is 29.5 Å². The summed E-state index contributed by atoms with van der Waals surface area (Å²) in [6.07, 6.45) is 10.0. The summed E-state index contributed by atoms with van der Waals surface area (Å²) in [5.74, 6) is -7.23. The Kier molecular flexibility index (Phi) is 5.56. The van der Waals surface area contributed by atoms with Gasteiger partial charge in [-0.2, -0.15) is 14.6 Å². The monoisotopic (exact) mass is 467 g/mol. The SMILES string of the molecule is O=C(NC=C1CCC(n2cc3cc(-c4cn[nH]c4)ccc3n2)CC1)c1cc(F)c(O)c(F)c1F. The summed E-state index contributed by atoms with van der Waals surface area (Å²) >= 11 is 0. The number of nitrogens with one attached hydrogen (secondary N) is 2. The third-order valence-corrected chi connectivity index (χ3v) is 6.11. The lowest BCUT2D eigenvalue weighted by atomic mass is 9.91. The Balaban J connectivity index is 1.24. The van der Waals surface area contributed by atoms with Gasteiger partial charge < -0.3 is 10.4 Å². The number of aromatic amines is 1. The third-order valence-electron chi connectivity index (χ3n) is 6.11. The van der Waals surface area contributed by atoms with Crippen LogP contribution >= 0.6 is 0 Å². The van der Waals surface area contributed by atoms with E-state index in [-0.39, 0.29) is 6.04 Å². The van der Waals surface area contributed by atoms with Crippen LogP contribution in [0.4, 0.5) is 13.2 Å². The molecule has 2 heterocycles. The molecule has 2 aromatic heterocycles. The summed E-state index contributed by atoms with van der Waals surface area (Å²) in [6, 6.07) is 6.71. The van der Waals surface area contributed by atoms with Crippen LogP contribution in [0.2, 0.25) is 0 Å². The Morgan fingerprint density at radius 1 is 1.15 bits per heavy atom. The number of aromatic hydroxyl groups is 1. The minimum Gasteiger partial charge on any atom is -0.503 e. The molecule has 10 heteroatoms. The second-order valence-electron chi connectivity index (χ2n) is 8.26. The maximum absolute atomic E-state index is 13.9. The summed E-state index contributed by atoms with van der Waals surface area (Å²) < 4.78 is 42.9. The number of carbonyl (C=O) groups excluding carboxylic acids is 1. The van der Waals surface area contributed by atoms with Gasteiger partial charge in [-0.25, -0.2) is 8.78 Å². The average molecular weight is 467 g/mol. The van der Waals surface area contributed by atoms with E-state index in [0.29, 0.717) is 18.9 Å². The first-order valence-corrected chi connectivity index (χ1v) is 10.7. The first kappa shape index (κ1) is 21.7. The van der Waals surface area contributed by atoms with Gasteiger partial charge in [0.25, 0.3) is 5.91 Å². The summed E-state index contributed by atoms with van der Waals surface area (Å²) in [6.45, 7) is 0. The lowest BCUT2D eigenvalue weighted by Crippen LogP contribution is -2.21. The van der Waals surface area contributed by atoms with Crippen LogP contribution in [0.3, 0.4) is 0 Å². The Labute approximate surface area is 191 Å². The molecule has 7 nitrogen and oxygen atoms in total. The predicted octanol–water partition coefficient (Wildman–Crippen LogP) is 4.98. The van der Waals surface area contributed by atoms with Crippen molar-refractivity contribution in [3.8, 4) is 16.9 Å². The van der Waals surface area contributed by atoms with E-state index in [9.17, 15) is 18.0 Å². The number of hydrogen-bond acceptors (Lipinski definition) is 4. The van der Waals surface area contributed by atoms with Gasteiger partial charge in [-0.3, -0.25) is 14.6 Å². The molecular formula is C24H20F3N5O2. The van der Waals surface area contributed by atoms with Gasteiger partial charge in [0.1, 0.15) is 0 Å². The number of nitrogens with zero attached hydrogens (tertiary/aromatic N) is 3. The van der Waals surface area contributed by atoms with E-state index < -0.39 is 34.7 Å². The molecule has 4 aromatic rings. The van der Waals surface area contributed by atoms with E-state index in [4.69, 9.17) is 10.2 Å². The molecular weight excluding hydrogens is 447 g/mol. The number of H-pyrrole nitrogens is 1. The number of rotatable bonds is 4. The van der Waals surface area contributed by atoms with Gasteiger partial charge in [-0.1, -0.05) is 11.6 Å². The molecule has 1 aliphatic rings. The van der Waals surface area contributed by atoms with Gasteiger partial charge in [0.2, 0.25) is 5.82 Å². The number of carbonyl (C=O) groups is 1. The summed E-state index contributed by atoms with van der Waals surface area (Å²) in [4.78, 5) is 12.2. The number of fused-ring (bicyclic) bond motifs is 1. The molecule has 0 aliphatic heterocycles. The highest BCUT2D eigenvalue weighted by atomic mass is 19.2. The van der Waals surface area contributed by atoms with E-state index in [1.807, 2.05) is 29.2 Å². The maximum atomic E-state index is 13.9. The quantitative estimate of drug-likeness (QED) is 0.369. The molecule has 1 amide bonds. The predicted molar refractivity (Wildman–Crippen MR) is 118 cm³/mol. The molecule has 1 aliphatic carbocycles. The third kappa shape index (κ3) is 4.02. The Morgan fingerprint density at radius 3 is 2.68 bits per heavy atom. The first-order chi connectivity index (χ1) is 16.4. The smallest absolute Gasteiger partial charge is 0.258 e. The number of aromatic nitrogens is 4. The molecule has 0 saturated heterocycles. The lowest BCUT2D eigenvalue weighted by Gasteiger charge is -2.24. The molecule has 0 atom stereocenters. The summed E-state index contributed by atoms with van der Waals surface area (Å²) in [5.41, 5.74) is 3.08. The maximum Gasteiger partial charge on any atom is 0.258 e. The molecule has 34 heavy (non-hydrogen) atoms. The van der Waals surface area contributed by atoms with E-state index in [1.165, 1.54) is 6.20 Å². The minimum absolute atomic E-state index is 0.190. The van der Waals surface area contributed by atoms with E-state index in [2.05, 4.69) is 21.6 Å². The molecule has 174 valence electrons. The van der Waals surface area contributed by atoms with E-state index >= 15 is 0 Å². The highest BCUT2D eigenvalue weighted by molar-refractivity contribution is 5.95. The fourth-order valence-electron chi connectivity index (χ4n) is 4.20. The van der Waals surface area contributed by atoms with Crippen LogP contribution in [-0.2, 0) is 0 Å². The van der Waals surface area contributed by atoms with Crippen LogP contribution in [-0.4, -0.2) is 31.0 Å². The zero-order valence-corrected chi connectivity index (χ0v) is 17.9. The first-order valence-electron chi connectivity index (χ1n) is 10.7. The number of phenolic OH excluding ortho intramolecular Hbond substituents is 1. The van der Waals surface area contributed by atoms with Gasteiger partial charge in [-0.15, -0.1) is 0 Å². The number of halogens is 3. The fourth-order valence-corrected chi connectivity index (χ4v) is 4.20.